The van der Waals surface area contributed by atoms with E-state index in [0.717, 1.165) is 55.1 Å². The van der Waals surface area contributed by atoms with Gasteiger partial charge in [-0.15, -0.1) is 0 Å². The van der Waals surface area contributed by atoms with Crippen molar-refractivity contribution < 1.29 is 13.9 Å². The first kappa shape index (κ1) is 22.9. The van der Waals surface area contributed by atoms with Crippen LogP contribution in [0.5, 0.6) is 5.75 Å². The van der Waals surface area contributed by atoms with Gasteiger partial charge in [0.25, 0.3) is 5.91 Å². The molecule has 0 saturated carbocycles. The van der Waals surface area contributed by atoms with Gasteiger partial charge in [-0.2, -0.15) is 0 Å². The number of para-hydroxylation sites is 1. The van der Waals surface area contributed by atoms with Crippen molar-refractivity contribution in [1.29, 1.82) is 0 Å². The fourth-order valence-corrected chi connectivity index (χ4v) is 4.27. The van der Waals surface area contributed by atoms with Crippen molar-refractivity contribution in [3.8, 4) is 5.75 Å². The molecule has 1 saturated heterocycles. The number of nitrogens with one attached hydrogen (secondary N) is 1. The smallest absolute Gasteiger partial charge is 0.254 e. The standard InChI is InChI=1S/C26H29FN4O2/c1-18-22(26(32)29-15-19-10-12-21(27)13-11-19)16-28-25(30-18)23-8-5-6-14-31(23)17-20-7-3-4-9-24(20)33-2/h3-4,7,9-13,16,23H,5-6,8,14-15,17H2,1-2H3,(H,29,32). The van der Waals surface area contributed by atoms with E-state index in [4.69, 9.17) is 9.72 Å². The number of methoxy groups -OCH3 is 1. The van der Waals surface area contributed by atoms with Crippen LogP contribution >= 0.6 is 0 Å². The van der Waals surface area contributed by atoms with E-state index in [-0.39, 0.29) is 17.8 Å². The Morgan fingerprint density at radius 2 is 1.97 bits per heavy atom. The van der Waals surface area contributed by atoms with E-state index < -0.39 is 0 Å². The second-order valence-electron chi connectivity index (χ2n) is 8.33. The number of carbonyl (C=O) groups excluding carboxylic acids is 1. The van der Waals surface area contributed by atoms with E-state index in [1.165, 1.54) is 12.1 Å². The Labute approximate surface area is 193 Å². The van der Waals surface area contributed by atoms with E-state index in [1.807, 2.05) is 25.1 Å². The normalized spacial score (nSPS) is 16.4. The molecular weight excluding hydrogens is 419 g/mol. The number of halogens is 1. The summed E-state index contributed by atoms with van der Waals surface area (Å²) in [6, 6.07) is 14.2. The lowest BCUT2D eigenvalue weighted by Gasteiger charge is -2.35. The fraction of sp³-hybridized carbons (Fsp3) is 0.346. The van der Waals surface area contributed by atoms with Gasteiger partial charge in [0.2, 0.25) is 0 Å². The third kappa shape index (κ3) is 5.54. The number of amides is 1. The van der Waals surface area contributed by atoms with Crippen LogP contribution in [-0.2, 0) is 13.1 Å². The van der Waals surface area contributed by atoms with Crippen molar-refractivity contribution in [1.82, 2.24) is 20.2 Å². The molecule has 1 aliphatic rings. The lowest BCUT2D eigenvalue weighted by molar-refractivity contribution is 0.0948. The van der Waals surface area contributed by atoms with Gasteiger partial charge in [0.05, 0.1) is 24.4 Å². The Bertz CT molecular complexity index is 1100. The van der Waals surface area contributed by atoms with Crippen LogP contribution in [0.4, 0.5) is 4.39 Å². The third-order valence-corrected chi connectivity index (χ3v) is 6.09. The first-order valence-corrected chi connectivity index (χ1v) is 11.3. The molecule has 2 aromatic carbocycles. The molecule has 33 heavy (non-hydrogen) atoms. The van der Waals surface area contributed by atoms with Crippen LogP contribution in [0.3, 0.4) is 0 Å². The maximum atomic E-state index is 13.1. The highest BCUT2D eigenvalue weighted by atomic mass is 19.1. The Kier molecular flexibility index (Phi) is 7.29. The summed E-state index contributed by atoms with van der Waals surface area (Å²) in [5.41, 5.74) is 3.07. The number of carbonyl (C=O) groups is 1. The van der Waals surface area contributed by atoms with Crippen molar-refractivity contribution in [2.75, 3.05) is 13.7 Å². The monoisotopic (exact) mass is 448 g/mol. The average Bonchev–Trinajstić information content (AvgIpc) is 2.84. The van der Waals surface area contributed by atoms with Gasteiger partial charge in [0, 0.05) is 24.8 Å². The number of rotatable bonds is 7. The molecule has 0 bridgehead atoms. The molecule has 0 aliphatic carbocycles. The van der Waals surface area contributed by atoms with Gasteiger partial charge in [0.15, 0.2) is 0 Å². The lowest BCUT2D eigenvalue weighted by atomic mass is 10.00. The van der Waals surface area contributed by atoms with Gasteiger partial charge in [0.1, 0.15) is 17.4 Å². The quantitative estimate of drug-likeness (QED) is 0.573. The zero-order chi connectivity index (χ0) is 23.2. The van der Waals surface area contributed by atoms with Crippen molar-refractivity contribution >= 4 is 5.91 Å². The molecule has 6 nitrogen and oxygen atoms in total. The molecule has 7 heteroatoms. The Hall–Kier alpha value is -3.32. The molecule has 4 rings (SSSR count). The minimum absolute atomic E-state index is 0.0960. The molecule has 3 aromatic rings. The predicted molar refractivity (Wildman–Crippen MR) is 124 cm³/mol. The molecule has 172 valence electrons. The van der Waals surface area contributed by atoms with E-state index in [9.17, 15) is 9.18 Å². The number of ether oxygens (including phenoxy) is 1. The number of benzene rings is 2. The predicted octanol–water partition coefficient (Wildman–Crippen LogP) is 4.59. The summed E-state index contributed by atoms with van der Waals surface area (Å²) in [5, 5.41) is 2.86. The van der Waals surface area contributed by atoms with Crippen molar-refractivity contribution in [2.24, 2.45) is 0 Å². The molecular formula is C26H29FN4O2. The van der Waals surface area contributed by atoms with E-state index in [1.54, 1.807) is 25.4 Å². The Morgan fingerprint density at radius 3 is 2.73 bits per heavy atom. The van der Waals surface area contributed by atoms with Gasteiger partial charge >= 0.3 is 0 Å². The summed E-state index contributed by atoms with van der Waals surface area (Å²) in [4.78, 5) is 24.4. The van der Waals surface area contributed by atoms with Gasteiger partial charge < -0.3 is 10.1 Å². The highest BCUT2D eigenvalue weighted by Gasteiger charge is 2.27. The van der Waals surface area contributed by atoms with Crippen LogP contribution in [0.2, 0.25) is 0 Å². The number of aromatic nitrogens is 2. The molecule has 1 amide bonds. The lowest BCUT2D eigenvalue weighted by Crippen LogP contribution is -2.34. The van der Waals surface area contributed by atoms with E-state index in [0.29, 0.717) is 17.8 Å². The first-order chi connectivity index (χ1) is 16.0. The van der Waals surface area contributed by atoms with Crippen LogP contribution < -0.4 is 10.1 Å². The first-order valence-electron chi connectivity index (χ1n) is 11.3. The summed E-state index contributed by atoms with van der Waals surface area (Å²) in [7, 11) is 1.69. The largest absolute Gasteiger partial charge is 0.496 e. The minimum Gasteiger partial charge on any atom is -0.496 e. The van der Waals surface area contributed by atoms with Gasteiger partial charge in [-0.25, -0.2) is 14.4 Å². The van der Waals surface area contributed by atoms with Crippen LogP contribution in [0.25, 0.3) is 0 Å². The fourth-order valence-electron chi connectivity index (χ4n) is 4.27. The highest BCUT2D eigenvalue weighted by Crippen LogP contribution is 2.32. The number of aryl methyl sites for hydroxylation is 1. The zero-order valence-electron chi connectivity index (χ0n) is 19.1. The molecule has 1 N–H and O–H groups in total. The molecule has 1 fully saturated rings. The maximum absolute atomic E-state index is 13.1. The van der Waals surface area contributed by atoms with Crippen LogP contribution in [0, 0.1) is 12.7 Å². The minimum atomic E-state index is -0.299. The van der Waals surface area contributed by atoms with Crippen LogP contribution in [0.1, 0.15) is 58.3 Å². The van der Waals surface area contributed by atoms with Crippen molar-refractivity contribution in [2.45, 2.75) is 45.3 Å². The number of likely N-dealkylation sites (tertiary alicyclic amines) is 1. The second-order valence-corrected chi connectivity index (χ2v) is 8.33. The van der Waals surface area contributed by atoms with Gasteiger partial charge in [-0.05, 0) is 50.1 Å². The van der Waals surface area contributed by atoms with Gasteiger partial charge in [-0.3, -0.25) is 9.69 Å². The Balaban J connectivity index is 1.47. The summed E-state index contributed by atoms with van der Waals surface area (Å²) in [5.74, 6) is 1.09. The average molecular weight is 449 g/mol. The summed E-state index contributed by atoms with van der Waals surface area (Å²) in [6.45, 7) is 3.88. The topological polar surface area (TPSA) is 67.3 Å². The van der Waals surface area contributed by atoms with Crippen LogP contribution in [-0.4, -0.2) is 34.4 Å². The summed E-state index contributed by atoms with van der Waals surface area (Å²) in [6.07, 6.45) is 4.85. The summed E-state index contributed by atoms with van der Waals surface area (Å²) < 4.78 is 18.6. The van der Waals surface area contributed by atoms with E-state index in [2.05, 4.69) is 21.3 Å². The highest BCUT2D eigenvalue weighted by molar-refractivity contribution is 5.94. The number of hydrogen-bond acceptors (Lipinski definition) is 5. The number of nitrogens with zero attached hydrogens (tertiary/aromatic N) is 3. The Morgan fingerprint density at radius 1 is 1.18 bits per heavy atom. The third-order valence-electron chi connectivity index (χ3n) is 6.09. The SMILES string of the molecule is COc1ccccc1CN1CCCCC1c1ncc(C(=O)NCc2ccc(F)cc2)c(C)n1. The molecule has 1 aliphatic heterocycles. The van der Waals surface area contributed by atoms with Crippen LogP contribution in [0.15, 0.2) is 54.7 Å². The molecule has 0 radical (unpaired) electrons. The van der Waals surface area contributed by atoms with Gasteiger partial charge in [-0.1, -0.05) is 36.8 Å². The van der Waals surface area contributed by atoms with Crippen molar-refractivity contribution in [3.05, 3.63) is 88.8 Å². The maximum Gasteiger partial charge on any atom is 0.254 e. The second kappa shape index (κ2) is 10.5. The molecule has 1 unspecified atom stereocenters. The molecule has 2 heterocycles. The molecule has 0 spiro atoms. The number of piperidine rings is 1. The number of hydrogen-bond donors (Lipinski definition) is 1. The van der Waals surface area contributed by atoms with Crippen molar-refractivity contribution in [3.63, 3.8) is 0 Å². The summed E-state index contributed by atoms with van der Waals surface area (Å²) >= 11 is 0. The van der Waals surface area contributed by atoms with E-state index >= 15 is 0 Å². The zero-order valence-corrected chi connectivity index (χ0v) is 19.1. The molecule has 1 atom stereocenters. The molecule has 1 aromatic heterocycles.